The molecule has 0 radical (unpaired) electrons. The van der Waals surface area contributed by atoms with E-state index in [1.807, 2.05) is 0 Å². The predicted octanol–water partition coefficient (Wildman–Crippen LogP) is 1.91. The monoisotopic (exact) mass is 236 g/mol. The Bertz CT molecular complexity index is 358. The maximum Gasteiger partial charge on any atom is 0.132 e. The third-order valence-corrected chi connectivity index (χ3v) is 2.44. The Kier molecular flexibility index (Phi) is 4.02. The molecule has 1 aromatic rings. The minimum Gasteiger partial charge on any atom is -0.389 e. The number of halogens is 3. The second kappa shape index (κ2) is 4.88. The van der Waals surface area contributed by atoms with E-state index in [2.05, 4.69) is 0 Å². The number of hydrogen-bond donors (Lipinski definition) is 2. The van der Waals surface area contributed by atoms with Crippen LogP contribution in [-0.2, 0) is 0 Å². The molecule has 5 heteroatoms. The Morgan fingerprint density at radius 3 is 2.40 bits per heavy atom. The Balaban J connectivity index is 3.09. The summed E-state index contributed by atoms with van der Waals surface area (Å²) in [5, 5.41) is 18.7. The molecule has 0 fully saturated rings. The minimum absolute atomic E-state index is 0.151. The smallest absolute Gasteiger partial charge is 0.132 e. The fraction of sp³-hybridized carbons (Fsp3) is 0.400. The summed E-state index contributed by atoms with van der Waals surface area (Å²) in [6.45, 7) is 1.44. The number of aliphatic hydroxyl groups excluding tert-OH is 2. The highest BCUT2D eigenvalue weighted by atomic mass is 35.5. The second-order valence-corrected chi connectivity index (χ2v) is 3.60. The minimum atomic E-state index is -1.44. The topological polar surface area (TPSA) is 40.5 Å². The molecular formula is C10H11ClF2O2. The number of aryl methyl sites for hydroxylation is 1. The zero-order valence-electron chi connectivity index (χ0n) is 8.04. The summed E-state index contributed by atoms with van der Waals surface area (Å²) in [6, 6.07) is 1.83. The molecule has 15 heavy (non-hydrogen) atoms. The molecule has 2 atom stereocenters. The lowest BCUT2D eigenvalue weighted by molar-refractivity contribution is 0.0303. The summed E-state index contributed by atoms with van der Waals surface area (Å²) >= 11 is 5.31. The van der Waals surface area contributed by atoms with Crippen LogP contribution in [0.25, 0.3) is 0 Å². The third-order valence-electron chi connectivity index (χ3n) is 2.12. The highest BCUT2D eigenvalue weighted by Gasteiger charge is 2.21. The summed E-state index contributed by atoms with van der Waals surface area (Å²) in [5.41, 5.74) is 0.0503. The molecule has 0 aliphatic carbocycles. The Labute approximate surface area is 91.1 Å². The van der Waals surface area contributed by atoms with E-state index < -0.39 is 23.8 Å². The van der Waals surface area contributed by atoms with Gasteiger partial charge in [0.05, 0.1) is 12.0 Å². The maximum absolute atomic E-state index is 13.2. The van der Waals surface area contributed by atoms with E-state index in [0.717, 1.165) is 6.07 Å². The highest BCUT2D eigenvalue weighted by molar-refractivity contribution is 6.18. The molecule has 0 amide bonds. The normalized spacial score (nSPS) is 15.1. The van der Waals surface area contributed by atoms with Crippen LogP contribution >= 0.6 is 11.6 Å². The Hall–Kier alpha value is -0.710. The molecule has 1 rings (SSSR count). The van der Waals surface area contributed by atoms with Crippen LogP contribution in [-0.4, -0.2) is 22.2 Å². The molecule has 84 valence electrons. The SMILES string of the molecule is Cc1cc(C(O)C(O)CCl)c(F)cc1F. The number of benzene rings is 1. The lowest BCUT2D eigenvalue weighted by atomic mass is 10.0. The summed E-state index contributed by atoms with van der Waals surface area (Å²) in [5.74, 6) is -1.81. The van der Waals surface area contributed by atoms with Gasteiger partial charge in [-0.25, -0.2) is 8.78 Å². The zero-order chi connectivity index (χ0) is 11.6. The van der Waals surface area contributed by atoms with Crippen LogP contribution in [0, 0.1) is 18.6 Å². The van der Waals surface area contributed by atoms with Gasteiger partial charge in [0.2, 0.25) is 0 Å². The summed E-state index contributed by atoms with van der Waals surface area (Å²) < 4.78 is 26.1. The highest BCUT2D eigenvalue weighted by Crippen LogP contribution is 2.23. The number of alkyl halides is 1. The van der Waals surface area contributed by atoms with Crippen molar-refractivity contribution in [1.29, 1.82) is 0 Å². The molecule has 0 aliphatic heterocycles. The van der Waals surface area contributed by atoms with Crippen molar-refractivity contribution in [2.24, 2.45) is 0 Å². The van der Waals surface area contributed by atoms with Gasteiger partial charge in [-0.1, -0.05) is 0 Å². The Morgan fingerprint density at radius 1 is 1.27 bits per heavy atom. The molecule has 1 aromatic carbocycles. The Morgan fingerprint density at radius 2 is 1.87 bits per heavy atom. The van der Waals surface area contributed by atoms with Gasteiger partial charge in [0.25, 0.3) is 0 Å². The number of rotatable bonds is 3. The van der Waals surface area contributed by atoms with E-state index in [1.54, 1.807) is 0 Å². The van der Waals surface area contributed by atoms with E-state index in [1.165, 1.54) is 6.92 Å². The van der Waals surface area contributed by atoms with Gasteiger partial charge in [-0.15, -0.1) is 11.6 Å². The van der Waals surface area contributed by atoms with E-state index in [4.69, 9.17) is 11.6 Å². The predicted molar refractivity (Wildman–Crippen MR) is 52.8 cm³/mol. The molecule has 0 spiro atoms. The molecule has 0 heterocycles. The van der Waals surface area contributed by atoms with E-state index in [9.17, 15) is 19.0 Å². The number of aliphatic hydroxyl groups is 2. The lowest BCUT2D eigenvalue weighted by Gasteiger charge is -2.17. The number of hydrogen-bond acceptors (Lipinski definition) is 2. The van der Waals surface area contributed by atoms with Gasteiger partial charge < -0.3 is 10.2 Å². The first-order chi connectivity index (χ1) is 6.97. The maximum atomic E-state index is 13.2. The largest absolute Gasteiger partial charge is 0.389 e. The molecule has 0 saturated heterocycles. The van der Waals surface area contributed by atoms with Crippen LogP contribution in [0.15, 0.2) is 12.1 Å². The van der Waals surface area contributed by atoms with Crippen LogP contribution in [0.1, 0.15) is 17.2 Å². The first kappa shape index (κ1) is 12.4. The van der Waals surface area contributed by atoms with E-state index in [-0.39, 0.29) is 17.0 Å². The van der Waals surface area contributed by atoms with Gasteiger partial charge in [0.1, 0.15) is 17.7 Å². The average molecular weight is 237 g/mol. The van der Waals surface area contributed by atoms with Crippen molar-refractivity contribution in [2.45, 2.75) is 19.1 Å². The van der Waals surface area contributed by atoms with Crippen molar-refractivity contribution in [1.82, 2.24) is 0 Å². The van der Waals surface area contributed by atoms with Gasteiger partial charge in [-0.2, -0.15) is 0 Å². The van der Waals surface area contributed by atoms with Crippen molar-refractivity contribution in [3.8, 4) is 0 Å². The summed E-state index contributed by atoms with van der Waals surface area (Å²) in [4.78, 5) is 0. The van der Waals surface area contributed by atoms with Crippen LogP contribution in [0.3, 0.4) is 0 Å². The lowest BCUT2D eigenvalue weighted by Crippen LogP contribution is -2.21. The van der Waals surface area contributed by atoms with Crippen molar-refractivity contribution < 1.29 is 19.0 Å². The molecular weight excluding hydrogens is 226 g/mol. The van der Waals surface area contributed by atoms with Gasteiger partial charge >= 0.3 is 0 Å². The molecule has 0 saturated carbocycles. The van der Waals surface area contributed by atoms with E-state index in [0.29, 0.717) is 6.07 Å². The van der Waals surface area contributed by atoms with Crippen molar-refractivity contribution in [3.63, 3.8) is 0 Å². The van der Waals surface area contributed by atoms with Crippen LogP contribution in [0.5, 0.6) is 0 Å². The van der Waals surface area contributed by atoms with Crippen LogP contribution in [0.2, 0.25) is 0 Å². The third kappa shape index (κ3) is 2.65. The fourth-order valence-corrected chi connectivity index (χ4v) is 1.37. The molecule has 2 unspecified atom stereocenters. The average Bonchev–Trinajstić information content (AvgIpc) is 2.21. The van der Waals surface area contributed by atoms with Gasteiger partial charge in [-0.05, 0) is 18.6 Å². The summed E-state index contributed by atoms with van der Waals surface area (Å²) in [6.07, 6.45) is -2.71. The molecule has 2 nitrogen and oxygen atoms in total. The molecule has 0 bridgehead atoms. The van der Waals surface area contributed by atoms with Crippen molar-refractivity contribution in [2.75, 3.05) is 5.88 Å². The molecule has 2 N–H and O–H groups in total. The standard InChI is InChI=1S/C10H11ClF2O2/c1-5-2-6(8(13)3-7(5)12)10(15)9(14)4-11/h2-3,9-10,14-15H,4H2,1H3. The molecule has 0 aromatic heterocycles. The first-order valence-corrected chi connectivity index (χ1v) is 4.88. The van der Waals surface area contributed by atoms with E-state index >= 15 is 0 Å². The van der Waals surface area contributed by atoms with Gasteiger partial charge in [0.15, 0.2) is 0 Å². The van der Waals surface area contributed by atoms with Crippen molar-refractivity contribution in [3.05, 3.63) is 34.9 Å². The quantitative estimate of drug-likeness (QED) is 0.787. The summed E-state index contributed by atoms with van der Waals surface area (Å²) in [7, 11) is 0. The van der Waals surface area contributed by atoms with Crippen LogP contribution < -0.4 is 0 Å². The van der Waals surface area contributed by atoms with Gasteiger partial charge in [-0.3, -0.25) is 0 Å². The first-order valence-electron chi connectivity index (χ1n) is 4.35. The zero-order valence-corrected chi connectivity index (χ0v) is 8.80. The van der Waals surface area contributed by atoms with Crippen molar-refractivity contribution >= 4 is 11.6 Å². The second-order valence-electron chi connectivity index (χ2n) is 3.29. The van der Waals surface area contributed by atoms with Crippen LogP contribution in [0.4, 0.5) is 8.78 Å². The molecule has 0 aliphatic rings. The fourth-order valence-electron chi connectivity index (χ4n) is 1.20. The van der Waals surface area contributed by atoms with Gasteiger partial charge in [0, 0.05) is 11.6 Å².